The minimum atomic E-state index is -0.344. The van der Waals surface area contributed by atoms with E-state index in [2.05, 4.69) is 0 Å². The highest BCUT2D eigenvalue weighted by Gasteiger charge is 2.39. The van der Waals surface area contributed by atoms with Gasteiger partial charge in [0.05, 0.1) is 17.0 Å². The molecule has 3 nitrogen and oxygen atoms in total. The van der Waals surface area contributed by atoms with Gasteiger partial charge in [-0.3, -0.25) is 14.5 Å². The van der Waals surface area contributed by atoms with E-state index in [-0.39, 0.29) is 29.4 Å². The Morgan fingerprint density at radius 1 is 1.00 bits per heavy atom. The van der Waals surface area contributed by atoms with Crippen molar-refractivity contribution in [3.63, 3.8) is 0 Å². The number of carbonyl (C=O) groups excluding carboxylic acids is 2. The lowest BCUT2D eigenvalue weighted by molar-refractivity contribution is -0.137. The number of nitrogens with zero attached hydrogens (tertiary/aromatic N) is 1. The van der Waals surface area contributed by atoms with Gasteiger partial charge in [0.2, 0.25) is 0 Å². The third kappa shape index (κ3) is 3.98. The zero-order valence-corrected chi connectivity index (χ0v) is 16.7. The third-order valence-corrected chi connectivity index (χ3v) is 5.47. The Labute approximate surface area is 163 Å². The Kier molecular flexibility index (Phi) is 5.51. The molecule has 0 saturated carbocycles. The van der Waals surface area contributed by atoms with Gasteiger partial charge in [-0.2, -0.15) is 0 Å². The van der Waals surface area contributed by atoms with Gasteiger partial charge in [0, 0.05) is 5.25 Å². The molecule has 2 aromatic carbocycles. The van der Waals surface area contributed by atoms with E-state index in [1.54, 1.807) is 12.1 Å². The number of carbonyl (C=O) groups is 2. The van der Waals surface area contributed by atoms with Crippen LogP contribution in [0.2, 0.25) is 0 Å². The molecule has 0 N–H and O–H groups in total. The second kappa shape index (κ2) is 7.69. The lowest BCUT2D eigenvalue weighted by Gasteiger charge is -2.15. The largest absolute Gasteiger partial charge is 0.269 e. The van der Waals surface area contributed by atoms with Crippen molar-refractivity contribution in [1.29, 1.82) is 0 Å². The Morgan fingerprint density at radius 3 is 2.26 bits per heavy atom. The van der Waals surface area contributed by atoms with Crippen molar-refractivity contribution in [3.8, 4) is 0 Å². The van der Waals surface area contributed by atoms with Crippen LogP contribution in [0.4, 0.5) is 4.39 Å². The number of hydrogen-bond acceptors (Lipinski definition) is 3. The number of imide groups is 1. The summed E-state index contributed by atoms with van der Waals surface area (Å²) in [6, 6.07) is 11.7. The number of rotatable bonds is 5. The van der Waals surface area contributed by atoms with Crippen molar-refractivity contribution in [1.82, 2.24) is 4.90 Å². The van der Waals surface area contributed by atoms with Crippen LogP contribution in [0.25, 0.3) is 5.57 Å². The van der Waals surface area contributed by atoms with Crippen molar-refractivity contribution in [2.75, 3.05) is 0 Å². The topological polar surface area (TPSA) is 37.4 Å². The average molecular weight is 383 g/mol. The van der Waals surface area contributed by atoms with Gasteiger partial charge >= 0.3 is 0 Å². The van der Waals surface area contributed by atoms with Gasteiger partial charge in [0.25, 0.3) is 11.8 Å². The molecule has 0 bridgehead atoms. The molecular formula is C22H22FNO2S. The fourth-order valence-electron chi connectivity index (χ4n) is 3.15. The average Bonchev–Trinajstić information content (AvgIpc) is 2.81. The molecule has 2 aromatic rings. The van der Waals surface area contributed by atoms with E-state index in [0.717, 1.165) is 16.7 Å². The number of halogens is 1. The summed E-state index contributed by atoms with van der Waals surface area (Å²) in [5.41, 5.74) is 4.06. The molecule has 0 saturated heterocycles. The van der Waals surface area contributed by atoms with Gasteiger partial charge in [-0.05, 0) is 42.7 Å². The minimum absolute atomic E-state index is 0.133. The van der Waals surface area contributed by atoms with Crippen LogP contribution < -0.4 is 0 Å². The molecule has 0 aromatic heterocycles. The van der Waals surface area contributed by atoms with E-state index in [0.29, 0.717) is 16.0 Å². The molecular weight excluding hydrogens is 361 g/mol. The SMILES string of the molecule is Cc1ccc(C2=C(SC(C)C)C(=O)N(Cc3ccc(F)cc3)C2=O)c(C)c1. The van der Waals surface area contributed by atoms with Crippen molar-refractivity contribution in [2.24, 2.45) is 0 Å². The maximum Gasteiger partial charge on any atom is 0.268 e. The van der Waals surface area contributed by atoms with Crippen LogP contribution >= 0.6 is 11.8 Å². The summed E-state index contributed by atoms with van der Waals surface area (Å²) in [5.74, 6) is -0.916. The highest BCUT2D eigenvalue weighted by atomic mass is 32.2. The molecule has 5 heteroatoms. The first-order chi connectivity index (χ1) is 12.8. The molecule has 0 radical (unpaired) electrons. The first-order valence-corrected chi connectivity index (χ1v) is 9.75. The summed E-state index contributed by atoms with van der Waals surface area (Å²) in [5, 5.41) is 0.170. The van der Waals surface area contributed by atoms with Crippen LogP contribution in [0, 0.1) is 19.7 Å². The maximum atomic E-state index is 13.2. The van der Waals surface area contributed by atoms with Gasteiger partial charge in [-0.25, -0.2) is 4.39 Å². The smallest absolute Gasteiger partial charge is 0.268 e. The predicted octanol–water partition coefficient (Wildman–Crippen LogP) is 4.86. The van der Waals surface area contributed by atoms with Crippen LogP contribution in [0.5, 0.6) is 0 Å². The molecule has 0 spiro atoms. The molecule has 0 unspecified atom stereocenters. The fourth-order valence-corrected chi connectivity index (χ4v) is 4.14. The van der Waals surface area contributed by atoms with Crippen molar-refractivity contribution in [3.05, 3.63) is 75.4 Å². The highest BCUT2D eigenvalue weighted by Crippen LogP contribution is 2.39. The highest BCUT2D eigenvalue weighted by molar-refractivity contribution is 8.04. The van der Waals surface area contributed by atoms with E-state index in [1.165, 1.54) is 28.8 Å². The van der Waals surface area contributed by atoms with Gasteiger partial charge < -0.3 is 0 Å². The molecule has 1 aliphatic rings. The Hall–Kier alpha value is -2.40. The molecule has 0 fully saturated rings. The normalized spacial score (nSPS) is 14.7. The van der Waals surface area contributed by atoms with Crippen LogP contribution in [0.3, 0.4) is 0 Å². The van der Waals surface area contributed by atoms with Gasteiger partial charge in [-0.15, -0.1) is 11.8 Å². The molecule has 140 valence electrons. The lowest BCUT2D eigenvalue weighted by Crippen LogP contribution is -2.31. The minimum Gasteiger partial charge on any atom is -0.269 e. The molecule has 1 heterocycles. The molecule has 2 amide bonds. The molecule has 1 aliphatic heterocycles. The molecule has 3 rings (SSSR count). The van der Waals surface area contributed by atoms with Crippen LogP contribution in [-0.4, -0.2) is 22.0 Å². The van der Waals surface area contributed by atoms with Crippen molar-refractivity contribution < 1.29 is 14.0 Å². The Bertz CT molecular complexity index is 932. The summed E-state index contributed by atoms with van der Waals surface area (Å²) in [4.78, 5) is 28.0. The summed E-state index contributed by atoms with van der Waals surface area (Å²) in [6.45, 7) is 8.08. The lowest BCUT2D eigenvalue weighted by atomic mass is 9.99. The second-order valence-electron chi connectivity index (χ2n) is 7.01. The van der Waals surface area contributed by atoms with E-state index < -0.39 is 0 Å². The Balaban J connectivity index is 2.02. The Morgan fingerprint density at radius 2 is 1.67 bits per heavy atom. The summed E-state index contributed by atoms with van der Waals surface area (Å²) < 4.78 is 13.2. The van der Waals surface area contributed by atoms with Crippen LogP contribution in [0.1, 0.15) is 36.1 Å². The van der Waals surface area contributed by atoms with Gasteiger partial charge in [0.15, 0.2) is 0 Å². The first kappa shape index (κ1) is 19.4. The molecule has 0 aliphatic carbocycles. The number of thioether (sulfide) groups is 1. The summed E-state index contributed by atoms with van der Waals surface area (Å²) in [7, 11) is 0. The monoisotopic (exact) mass is 383 g/mol. The van der Waals surface area contributed by atoms with E-state index in [9.17, 15) is 14.0 Å². The summed E-state index contributed by atoms with van der Waals surface area (Å²) >= 11 is 1.41. The molecule has 0 atom stereocenters. The second-order valence-corrected chi connectivity index (χ2v) is 8.60. The zero-order valence-electron chi connectivity index (χ0n) is 15.9. The first-order valence-electron chi connectivity index (χ1n) is 8.87. The number of benzene rings is 2. The summed E-state index contributed by atoms with van der Waals surface area (Å²) in [6.07, 6.45) is 0. The quantitative estimate of drug-likeness (QED) is 0.692. The van der Waals surface area contributed by atoms with Crippen LogP contribution in [-0.2, 0) is 16.1 Å². The van der Waals surface area contributed by atoms with Gasteiger partial charge in [-0.1, -0.05) is 49.7 Å². The van der Waals surface area contributed by atoms with Crippen molar-refractivity contribution in [2.45, 2.75) is 39.5 Å². The number of hydrogen-bond donors (Lipinski definition) is 0. The number of amides is 2. The van der Waals surface area contributed by atoms with E-state index >= 15 is 0 Å². The zero-order chi connectivity index (χ0) is 19.7. The standard InChI is InChI=1S/C22H22FNO2S/c1-13(2)27-20-19(18-10-5-14(3)11-15(18)4)21(25)24(22(20)26)12-16-6-8-17(23)9-7-16/h5-11,13H,12H2,1-4H3. The van der Waals surface area contributed by atoms with E-state index in [1.807, 2.05) is 45.9 Å². The van der Waals surface area contributed by atoms with Crippen molar-refractivity contribution >= 4 is 29.1 Å². The molecule has 27 heavy (non-hydrogen) atoms. The van der Waals surface area contributed by atoms with Crippen LogP contribution in [0.15, 0.2) is 47.4 Å². The predicted molar refractivity (Wildman–Crippen MR) is 108 cm³/mol. The third-order valence-electron chi connectivity index (χ3n) is 4.38. The van der Waals surface area contributed by atoms with Gasteiger partial charge in [0.1, 0.15) is 5.82 Å². The maximum absolute atomic E-state index is 13.2. The van der Waals surface area contributed by atoms with E-state index in [4.69, 9.17) is 0 Å². The number of aryl methyl sites for hydroxylation is 2. The fraction of sp³-hybridized carbons (Fsp3) is 0.273.